The van der Waals surface area contributed by atoms with Crippen LogP contribution in [0.5, 0.6) is 0 Å². The van der Waals surface area contributed by atoms with Crippen molar-refractivity contribution in [2.24, 2.45) is 0 Å². The molecule has 0 saturated carbocycles. The molecule has 1 saturated heterocycles. The molecule has 0 radical (unpaired) electrons. The topological polar surface area (TPSA) is 71.3 Å². The maximum Gasteiger partial charge on any atom is 0.232 e. The van der Waals surface area contributed by atoms with Crippen molar-refractivity contribution in [3.63, 3.8) is 0 Å². The third-order valence-electron chi connectivity index (χ3n) is 4.56. The Kier molecular flexibility index (Phi) is 6.43. The summed E-state index contributed by atoms with van der Waals surface area (Å²) in [6, 6.07) is 7.67. The molecule has 3 rings (SSSR count). The zero-order valence-electron chi connectivity index (χ0n) is 14.4. The maximum atomic E-state index is 12.3. The lowest BCUT2D eigenvalue weighted by molar-refractivity contribution is -0.127. The van der Waals surface area contributed by atoms with Crippen molar-refractivity contribution in [1.29, 1.82) is 0 Å². The van der Waals surface area contributed by atoms with Crippen LogP contribution in [0.3, 0.4) is 0 Å². The summed E-state index contributed by atoms with van der Waals surface area (Å²) in [5.74, 6) is 1.06. The fourth-order valence-electron chi connectivity index (χ4n) is 3.11. The van der Waals surface area contributed by atoms with E-state index in [1.165, 1.54) is 0 Å². The minimum Gasteiger partial charge on any atom is -0.339 e. The Balaban J connectivity index is 0.00000225. The first-order valence-corrected chi connectivity index (χ1v) is 8.38. The highest BCUT2D eigenvalue weighted by Gasteiger charge is 2.42. The molecule has 1 aromatic carbocycles. The largest absolute Gasteiger partial charge is 0.339 e. The molecule has 1 aliphatic heterocycles. The fraction of sp³-hybridized carbons (Fsp3) is 0.471. The summed E-state index contributed by atoms with van der Waals surface area (Å²) in [5, 5.41) is 7.86. The smallest absolute Gasteiger partial charge is 0.232 e. The second kappa shape index (κ2) is 8.17. The molecule has 1 fully saturated rings. The van der Waals surface area contributed by atoms with E-state index >= 15 is 0 Å². The molecule has 1 amide bonds. The zero-order chi connectivity index (χ0) is 17.3. The molecule has 0 spiro atoms. The van der Waals surface area contributed by atoms with Crippen LogP contribution in [0.15, 0.2) is 28.8 Å². The van der Waals surface area contributed by atoms with E-state index in [0.29, 0.717) is 29.6 Å². The number of nitrogens with one attached hydrogen (secondary N) is 1. The summed E-state index contributed by atoms with van der Waals surface area (Å²) in [6.45, 7) is 2.05. The number of hydrogen-bond donors (Lipinski definition) is 1. The number of benzene rings is 1. The number of likely N-dealkylation sites (N-methyl/N-ethyl adjacent to an activating group) is 2. The van der Waals surface area contributed by atoms with Gasteiger partial charge >= 0.3 is 0 Å². The summed E-state index contributed by atoms with van der Waals surface area (Å²) in [5.41, 5.74) is 0.976. The molecule has 0 aliphatic carbocycles. The first-order chi connectivity index (χ1) is 11.5. The predicted octanol–water partition coefficient (Wildman–Crippen LogP) is 2.98. The Morgan fingerprint density at radius 2 is 2.24 bits per heavy atom. The average molecular weight is 385 g/mol. The molecule has 3 atom stereocenters. The zero-order valence-corrected chi connectivity index (χ0v) is 16.0. The summed E-state index contributed by atoms with van der Waals surface area (Å²) in [6.07, 6.45) is 1.04. The highest BCUT2D eigenvalue weighted by Crippen LogP contribution is 2.43. The van der Waals surface area contributed by atoms with Crippen molar-refractivity contribution in [1.82, 2.24) is 20.4 Å². The molecule has 1 aromatic heterocycles. The number of aromatic nitrogens is 2. The van der Waals surface area contributed by atoms with Gasteiger partial charge in [-0.25, -0.2) is 0 Å². The quantitative estimate of drug-likeness (QED) is 0.857. The second-order valence-corrected chi connectivity index (χ2v) is 6.69. The molecule has 2 heterocycles. The lowest BCUT2D eigenvalue weighted by Gasteiger charge is -2.23. The van der Waals surface area contributed by atoms with E-state index < -0.39 is 0 Å². The van der Waals surface area contributed by atoms with E-state index in [0.717, 1.165) is 5.56 Å². The molecule has 3 unspecified atom stereocenters. The van der Waals surface area contributed by atoms with Crippen molar-refractivity contribution in [3.8, 4) is 0 Å². The Morgan fingerprint density at radius 1 is 1.48 bits per heavy atom. The first-order valence-electron chi connectivity index (χ1n) is 8.00. The van der Waals surface area contributed by atoms with Gasteiger partial charge in [0.05, 0.1) is 12.0 Å². The summed E-state index contributed by atoms with van der Waals surface area (Å²) in [7, 11) is 3.69. The molecule has 25 heavy (non-hydrogen) atoms. The van der Waals surface area contributed by atoms with Crippen LogP contribution in [0, 0.1) is 0 Å². The van der Waals surface area contributed by atoms with E-state index in [9.17, 15) is 4.79 Å². The SMILES string of the molecule is CNC(C)Cc1noc(C2CC(=O)N(C)C2c2cccc(Cl)c2)n1.Cl. The minimum atomic E-state index is -0.160. The number of likely N-dealkylation sites (tertiary alicyclic amines) is 1. The van der Waals surface area contributed by atoms with Crippen molar-refractivity contribution in [2.75, 3.05) is 14.1 Å². The van der Waals surface area contributed by atoms with Gasteiger partial charge in [-0.05, 0) is 31.7 Å². The molecule has 8 heteroatoms. The maximum absolute atomic E-state index is 12.3. The summed E-state index contributed by atoms with van der Waals surface area (Å²) < 4.78 is 5.47. The van der Waals surface area contributed by atoms with Crippen molar-refractivity contribution in [3.05, 3.63) is 46.6 Å². The van der Waals surface area contributed by atoms with Crippen LogP contribution in [-0.2, 0) is 11.2 Å². The second-order valence-electron chi connectivity index (χ2n) is 6.26. The standard InChI is InChI=1S/C17H21ClN4O2.ClH/c1-10(19-2)7-14-20-17(24-21-14)13-9-15(23)22(3)16(13)11-5-4-6-12(18)8-11;/h4-6,8,10,13,16,19H,7,9H2,1-3H3;1H. The Morgan fingerprint density at radius 3 is 2.92 bits per heavy atom. The number of hydrogen-bond acceptors (Lipinski definition) is 5. The Hall–Kier alpha value is -1.63. The van der Waals surface area contributed by atoms with Gasteiger partial charge in [0.1, 0.15) is 0 Å². The van der Waals surface area contributed by atoms with Gasteiger partial charge < -0.3 is 14.7 Å². The van der Waals surface area contributed by atoms with Gasteiger partial charge in [-0.3, -0.25) is 4.79 Å². The molecule has 6 nitrogen and oxygen atoms in total. The third kappa shape index (κ3) is 4.14. The van der Waals surface area contributed by atoms with Crippen LogP contribution >= 0.6 is 24.0 Å². The van der Waals surface area contributed by atoms with Crippen LogP contribution < -0.4 is 5.32 Å². The summed E-state index contributed by atoms with van der Waals surface area (Å²) >= 11 is 6.12. The van der Waals surface area contributed by atoms with Gasteiger partial charge in [0, 0.05) is 31.0 Å². The monoisotopic (exact) mass is 384 g/mol. The van der Waals surface area contributed by atoms with Gasteiger partial charge in [0.15, 0.2) is 5.82 Å². The van der Waals surface area contributed by atoms with Crippen molar-refractivity contribution < 1.29 is 9.32 Å². The van der Waals surface area contributed by atoms with Crippen LogP contribution in [0.1, 0.15) is 42.6 Å². The number of carbonyl (C=O) groups is 1. The van der Waals surface area contributed by atoms with Crippen LogP contribution in [-0.4, -0.2) is 41.1 Å². The van der Waals surface area contributed by atoms with E-state index in [4.69, 9.17) is 16.1 Å². The molecular formula is C17H22Cl2N4O2. The molecule has 1 aliphatic rings. The molecular weight excluding hydrogens is 363 g/mol. The van der Waals surface area contributed by atoms with Crippen molar-refractivity contribution in [2.45, 2.75) is 37.8 Å². The lowest BCUT2D eigenvalue weighted by atomic mass is 9.93. The van der Waals surface area contributed by atoms with E-state index in [1.54, 1.807) is 11.9 Å². The van der Waals surface area contributed by atoms with Crippen LogP contribution in [0.4, 0.5) is 0 Å². The third-order valence-corrected chi connectivity index (χ3v) is 4.79. The Labute approximate surface area is 158 Å². The summed E-state index contributed by atoms with van der Waals surface area (Å²) in [4.78, 5) is 18.5. The fourth-order valence-corrected chi connectivity index (χ4v) is 3.31. The number of nitrogens with zero attached hydrogens (tertiary/aromatic N) is 3. The van der Waals surface area contributed by atoms with Crippen LogP contribution in [0.25, 0.3) is 0 Å². The van der Waals surface area contributed by atoms with Gasteiger partial charge in [-0.1, -0.05) is 28.9 Å². The minimum absolute atomic E-state index is 0. The normalized spacial score (nSPS) is 21.3. The average Bonchev–Trinajstić information content (AvgIpc) is 3.12. The number of amides is 1. The lowest BCUT2D eigenvalue weighted by Crippen LogP contribution is -2.24. The van der Waals surface area contributed by atoms with Gasteiger partial charge in [-0.15, -0.1) is 12.4 Å². The van der Waals surface area contributed by atoms with Gasteiger partial charge in [0.2, 0.25) is 11.8 Å². The Bertz CT molecular complexity index is 737. The molecule has 2 aromatic rings. The molecule has 136 valence electrons. The van der Waals surface area contributed by atoms with E-state index in [-0.39, 0.29) is 36.3 Å². The molecule has 1 N–H and O–H groups in total. The van der Waals surface area contributed by atoms with Gasteiger partial charge in [0.25, 0.3) is 0 Å². The molecule has 0 bridgehead atoms. The number of rotatable bonds is 5. The highest BCUT2D eigenvalue weighted by atomic mass is 35.5. The van der Waals surface area contributed by atoms with Gasteiger partial charge in [-0.2, -0.15) is 4.98 Å². The first kappa shape index (κ1) is 19.7. The van der Waals surface area contributed by atoms with E-state index in [1.807, 2.05) is 31.3 Å². The van der Waals surface area contributed by atoms with Crippen LogP contribution in [0.2, 0.25) is 5.02 Å². The highest BCUT2D eigenvalue weighted by molar-refractivity contribution is 6.30. The predicted molar refractivity (Wildman–Crippen MR) is 98.1 cm³/mol. The number of carbonyl (C=O) groups excluding carboxylic acids is 1. The van der Waals surface area contributed by atoms with Crippen molar-refractivity contribution >= 4 is 29.9 Å². The number of halogens is 2. The van der Waals surface area contributed by atoms with E-state index in [2.05, 4.69) is 22.4 Å².